The lowest BCUT2D eigenvalue weighted by atomic mass is 10.2. The first kappa shape index (κ1) is 20.0. The van der Waals surface area contributed by atoms with E-state index in [9.17, 15) is 10.1 Å². The van der Waals surface area contributed by atoms with Crippen molar-refractivity contribution in [1.82, 2.24) is 5.43 Å². The van der Waals surface area contributed by atoms with Crippen molar-refractivity contribution >= 4 is 35.3 Å². The molecule has 9 heteroatoms. The van der Waals surface area contributed by atoms with E-state index in [1.807, 2.05) is 54.6 Å². The summed E-state index contributed by atoms with van der Waals surface area (Å²) in [4.78, 5) is 10.5. The number of methoxy groups -OCH3 is 1. The van der Waals surface area contributed by atoms with Crippen LogP contribution in [-0.2, 0) is 0 Å². The van der Waals surface area contributed by atoms with Crippen molar-refractivity contribution in [3.8, 4) is 5.75 Å². The number of non-ortho nitro benzene ring substituents is 1. The molecule has 0 unspecified atom stereocenters. The molecule has 8 nitrogen and oxygen atoms in total. The van der Waals surface area contributed by atoms with Crippen LogP contribution in [0.15, 0.2) is 84.0 Å². The van der Waals surface area contributed by atoms with E-state index in [1.54, 1.807) is 29.5 Å². The number of nitrogens with one attached hydrogen (secondary N) is 1. The van der Waals surface area contributed by atoms with Crippen LogP contribution < -0.4 is 20.4 Å². The molecule has 0 aromatic heterocycles. The van der Waals surface area contributed by atoms with Crippen molar-refractivity contribution in [2.24, 2.45) is 5.10 Å². The van der Waals surface area contributed by atoms with E-state index < -0.39 is 4.92 Å². The maximum atomic E-state index is 11.0. The molecule has 0 saturated carbocycles. The third kappa shape index (κ3) is 3.92. The van der Waals surface area contributed by atoms with E-state index in [1.165, 1.54) is 12.1 Å². The number of para-hydroxylation sites is 2. The Bertz CT molecular complexity index is 1030. The van der Waals surface area contributed by atoms with Gasteiger partial charge < -0.3 is 4.74 Å². The summed E-state index contributed by atoms with van der Waals surface area (Å²) in [6, 6.07) is 23.4. The summed E-state index contributed by atoms with van der Waals surface area (Å²) < 4.78 is 5.48. The van der Waals surface area contributed by atoms with Crippen LogP contribution >= 0.6 is 12.4 Å². The Balaban J connectivity index is 0.00000240. The normalized spacial score (nSPS) is 12.7. The summed E-state index contributed by atoms with van der Waals surface area (Å²) in [5, 5.41) is 19.0. The van der Waals surface area contributed by atoms with E-state index in [4.69, 9.17) is 4.74 Å². The summed E-state index contributed by atoms with van der Waals surface area (Å²) in [7, 11) is 1.60. The fraction of sp³-hybridized carbons (Fsp3) is 0.0500. The maximum absolute atomic E-state index is 11.0. The number of nitro groups is 1. The lowest BCUT2D eigenvalue weighted by molar-refractivity contribution is -0.384. The van der Waals surface area contributed by atoms with Gasteiger partial charge in [0.05, 0.1) is 17.7 Å². The highest BCUT2D eigenvalue weighted by molar-refractivity contribution is 6.02. The largest absolute Gasteiger partial charge is 0.494 e. The molecule has 3 aromatic carbocycles. The van der Waals surface area contributed by atoms with E-state index in [-0.39, 0.29) is 18.1 Å². The molecule has 1 heterocycles. The number of hydrazone groups is 1. The molecule has 0 fully saturated rings. The molecular weight excluding hydrogens is 394 g/mol. The molecule has 1 N–H and O–H groups in total. The summed E-state index contributed by atoms with van der Waals surface area (Å²) in [6.07, 6.45) is 0. The minimum absolute atomic E-state index is 0. The van der Waals surface area contributed by atoms with Crippen molar-refractivity contribution in [2.45, 2.75) is 0 Å². The topological polar surface area (TPSA) is 83.2 Å². The number of ether oxygens (including phenoxy) is 1. The lowest BCUT2D eigenvalue weighted by Crippen LogP contribution is -2.44. The van der Waals surface area contributed by atoms with Gasteiger partial charge in [-0.2, -0.15) is 10.2 Å². The van der Waals surface area contributed by atoms with Gasteiger partial charge in [-0.05, 0) is 24.3 Å². The predicted octanol–water partition coefficient (Wildman–Crippen LogP) is 4.13. The minimum Gasteiger partial charge on any atom is -0.494 e. The maximum Gasteiger partial charge on any atom is 0.269 e. The van der Waals surface area contributed by atoms with Gasteiger partial charge in [0.2, 0.25) is 0 Å². The summed E-state index contributed by atoms with van der Waals surface area (Å²) in [5.41, 5.74) is 5.62. The summed E-state index contributed by atoms with van der Waals surface area (Å²) in [5.74, 6) is 1.30. The molecule has 0 bridgehead atoms. The molecule has 0 radical (unpaired) electrons. The standard InChI is InChI=1S/C20H17N5O3.ClH/c1-28-19-10-6-5-9-18(19)24-22-20(15-7-3-2-4-8-15)21-23(24)16-11-13-17(14-12-16)25(26)27;/h2-14H,1H3,(H,21,22);1H. The van der Waals surface area contributed by atoms with Crippen LogP contribution in [0.1, 0.15) is 5.56 Å². The third-order valence-electron chi connectivity index (χ3n) is 4.25. The zero-order valence-corrected chi connectivity index (χ0v) is 16.2. The van der Waals surface area contributed by atoms with Crippen molar-refractivity contribution in [3.63, 3.8) is 0 Å². The van der Waals surface area contributed by atoms with Crippen molar-refractivity contribution in [3.05, 3.63) is 94.5 Å². The van der Waals surface area contributed by atoms with Crippen LogP contribution in [-0.4, -0.2) is 17.9 Å². The van der Waals surface area contributed by atoms with Crippen molar-refractivity contribution < 1.29 is 9.66 Å². The van der Waals surface area contributed by atoms with E-state index in [2.05, 4.69) is 10.5 Å². The summed E-state index contributed by atoms with van der Waals surface area (Å²) >= 11 is 0. The second kappa shape index (κ2) is 8.49. The number of hydrogen-bond acceptors (Lipinski definition) is 7. The molecule has 4 rings (SSSR count). The number of hydrazine groups is 2. The Morgan fingerprint density at radius 2 is 1.62 bits per heavy atom. The molecule has 3 aromatic rings. The molecule has 1 aliphatic heterocycles. The lowest BCUT2D eigenvalue weighted by Gasteiger charge is -2.28. The van der Waals surface area contributed by atoms with Crippen molar-refractivity contribution in [1.29, 1.82) is 0 Å². The molecule has 148 valence electrons. The Morgan fingerprint density at radius 3 is 2.28 bits per heavy atom. The first-order chi connectivity index (χ1) is 13.7. The number of amidine groups is 1. The van der Waals surface area contributed by atoms with Gasteiger partial charge in [0.1, 0.15) is 11.4 Å². The van der Waals surface area contributed by atoms with Gasteiger partial charge in [0.15, 0.2) is 5.84 Å². The molecule has 0 aliphatic carbocycles. The van der Waals surface area contributed by atoms with Crippen LogP contribution in [0.25, 0.3) is 0 Å². The average Bonchev–Trinajstić information content (AvgIpc) is 3.19. The van der Waals surface area contributed by atoms with Gasteiger partial charge in [-0.25, -0.2) is 0 Å². The number of halogens is 1. The highest BCUT2D eigenvalue weighted by Crippen LogP contribution is 2.33. The van der Waals surface area contributed by atoms with Crippen molar-refractivity contribution in [2.75, 3.05) is 17.3 Å². The molecule has 0 saturated heterocycles. The van der Waals surface area contributed by atoms with Crippen LogP contribution in [0, 0.1) is 10.1 Å². The number of nitrogens with zero attached hydrogens (tertiary/aromatic N) is 4. The van der Waals surface area contributed by atoms with Crippen LogP contribution in [0.4, 0.5) is 17.1 Å². The third-order valence-corrected chi connectivity index (χ3v) is 4.25. The zero-order valence-electron chi connectivity index (χ0n) is 15.4. The Kier molecular flexibility index (Phi) is 5.85. The fourth-order valence-electron chi connectivity index (χ4n) is 2.88. The highest BCUT2D eigenvalue weighted by atomic mass is 35.5. The van der Waals surface area contributed by atoms with Crippen LogP contribution in [0.3, 0.4) is 0 Å². The molecular formula is C20H18ClN5O3. The van der Waals surface area contributed by atoms with E-state index >= 15 is 0 Å². The monoisotopic (exact) mass is 411 g/mol. The molecule has 0 spiro atoms. The van der Waals surface area contributed by atoms with E-state index in [0.717, 1.165) is 11.3 Å². The second-order valence-electron chi connectivity index (χ2n) is 5.97. The van der Waals surface area contributed by atoms with Gasteiger partial charge in [0.25, 0.3) is 5.69 Å². The van der Waals surface area contributed by atoms with Gasteiger partial charge in [0, 0.05) is 17.7 Å². The van der Waals surface area contributed by atoms with Gasteiger partial charge in [-0.1, -0.05) is 42.5 Å². The quantitative estimate of drug-likeness (QED) is 0.502. The van der Waals surface area contributed by atoms with Gasteiger partial charge in [-0.3, -0.25) is 15.5 Å². The predicted molar refractivity (Wildman–Crippen MR) is 114 cm³/mol. The molecule has 0 atom stereocenters. The molecule has 1 aliphatic rings. The second-order valence-corrected chi connectivity index (χ2v) is 5.97. The minimum atomic E-state index is -0.428. The van der Waals surface area contributed by atoms with Crippen LogP contribution in [0.2, 0.25) is 0 Å². The number of benzene rings is 3. The number of hydrogen-bond donors (Lipinski definition) is 1. The smallest absolute Gasteiger partial charge is 0.269 e. The van der Waals surface area contributed by atoms with E-state index in [0.29, 0.717) is 17.3 Å². The number of rotatable bonds is 5. The van der Waals surface area contributed by atoms with Crippen LogP contribution in [0.5, 0.6) is 5.75 Å². The molecule has 0 amide bonds. The summed E-state index contributed by atoms with van der Waals surface area (Å²) in [6.45, 7) is 0. The number of nitro benzene ring substituents is 1. The average molecular weight is 412 g/mol. The Labute approximate surface area is 173 Å². The SMILES string of the molecule is COc1ccccc1N1NC(c2ccccc2)=NN1c1ccc([N+](=O)[O-])cc1.Cl. The van der Waals surface area contributed by atoms with Gasteiger partial charge >= 0.3 is 0 Å². The Morgan fingerprint density at radius 1 is 0.966 bits per heavy atom. The Hall–Kier alpha value is -3.78. The first-order valence-corrected chi connectivity index (χ1v) is 8.55. The highest BCUT2D eigenvalue weighted by Gasteiger charge is 2.28. The zero-order chi connectivity index (χ0) is 19.5. The number of anilines is 2. The first-order valence-electron chi connectivity index (χ1n) is 8.55. The molecule has 29 heavy (non-hydrogen) atoms. The van der Waals surface area contributed by atoms with Gasteiger partial charge in [-0.15, -0.1) is 17.5 Å². The fourth-order valence-corrected chi connectivity index (χ4v) is 2.88.